The van der Waals surface area contributed by atoms with Crippen LogP contribution in [0.1, 0.15) is 12.8 Å². The third-order valence-electron chi connectivity index (χ3n) is 3.15. The van der Waals surface area contributed by atoms with E-state index in [0.29, 0.717) is 12.2 Å². The van der Waals surface area contributed by atoms with Gasteiger partial charge in [0, 0.05) is 25.2 Å². The van der Waals surface area contributed by atoms with Gasteiger partial charge in [-0.1, -0.05) is 0 Å². The highest BCUT2D eigenvalue weighted by molar-refractivity contribution is 5.89. The zero-order valence-electron chi connectivity index (χ0n) is 12.8. The van der Waals surface area contributed by atoms with Gasteiger partial charge in [-0.2, -0.15) is 0 Å². The van der Waals surface area contributed by atoms with E-state index in [1.165, 1.54) is 12.1 Å². The van der Waals surface area contributed by atoms with Gasteiger partial charge in [0.1, 0.15) is 17.7 Å². The molecule has 1 aromatic carbocycles. The van der Waals surface area contributed by atoms with Crippen LogP contribution in [0.15, 0.2) is 36.4 Å². The molecule has 0 radical (unpaired) electrons. The Labute approximate surface area is 133 Å². The van der Waals surface area contributed by atoms with Crippen molar-refractivity contribution < 1.29 is 28.9 Å². The van der Waals surface area contributed by atoms with Gasteiger partial charge in [-0.25, -0.2) is 14.0 Å². The fourth-order valence-electron chi connectivity index (χ4n) is 1.95. The van der Waals surface area contributed by atoms with E-state index in [1.54, 1.807) is 12.1 Å². The van der Waals surface area contributed by atoms with Crippen LogP contribution in [0.4, 0.5) is 4.39 Å². The minimum Gasteiger partial charge on any atom is -0.490 e. The number of aliphatic carboxylic acids is 2. The zero-order chi connectivity index (χ0) is 17.2. The zero-order valence-corrected chi connectivity index (χ0v) is 12.8. The Morgan fingerprint density at radius 3 is 2.04 bits per heavy atom. The molecule has 0 unspecified atom stereocenters. The van der Waals surface area contributed by atoms with Crippen LogP contribution in [0.5, 0.6) is 5.75 Å². The molecular weight excluding hydrogens is 305 g/mol. The average Bonchev–Trinajstić information content (AvgIpc) is 2.50. The van der Waals surface area contributed by atoms with Crippen molar-refractivity contribution in [2.24, 2.45) is 0 Å². The van der Waals surface area contributed by atoms with Crippen molar-refractivity contribution >= 4 is 11.9 Å². The molecule has 23 heavy (non-hydrogen) atoms. The van der Waals surface area contributed by atoms with Crippen molar-refractivity contribution in [1.29, 1.82) is 0 Å². The molecule has 1 aromatic rings. The van der Waals surface area contributed by atoms with Gasteiger partial charge in [-0.3, -0.25) is 0 Å². The molecule has 0 aromatic heterocycles. The first-order valence-corrected chi connectivity index (χ1v) is 7.11. The number of hydrogen-bond acceptors (Lipinski definition) is 4. The summed E-state index contributed by atoms with van der Waals surface area (Å²) in [7, 11) is 2.12. The number of ether oxygens (including phenoxy) is 1. The van der Waals surface area contributed by atoms with Crippen molar-refractivity contribution in [2.45, 2.75) is 18.9 Å². The number of nitrogens with zero attached hydrogens (tertiary/aromatic N) is 1. The van der Waals surface area contributed by atoms with E-state index in [2.05, 4.69) is 11.9 Å². The monoisotopic (exact) mass is 325 g/mol. The first-order valence-electron chi connectivity index (χ1n) is 7.11. The lowest BCUT2D eigenvalue weighted by atomic mass is 10.1. The fraction of sp³-hybridized carbons (Fsp3) is 0.375. The Balaban J connectivity index is 0.000000284. The highest BCUT2D eigenvalue weighted by Crippen LogP contribution is 2.18. The first-order chi connectivity index (χ1) is 10.9. The maximum Gasteiger partial charge on any atom is 0.328 e. The molecule has 1 aliphatic rings. The number of carbonyl (C=O) groups is 2. The number of rotatable bonds is 4. The molecule has 1 aliphatic heterocycles. The lowest BCUT2D eigenvalue weighted by molar-refractivity contribution is -0.134. The van der Waals surface area contributed by atoms with Gasteiger partial charge in [0.15, 0.2) is 0 Å². The van der Waals surface area contributed by atoms with E-state index in [-0.39, 0.29) is 11.9 Å². The minimum absolute atomic E-state index is 0.217. The predicted molar refractivity (Wildman–Crippen MR) is 82.0 cm³/mol. The van der Waals surface area contributed by atoms with Gasteiger partial charge in [0.2, 0.25) is 0 Å². The topological polar surface area (TPSA) is 87.1 Å². The lowest BCUT2D eigenvalue weighted by Crippen LogP contribution is -2.35. The van der Waals surface area contributed by atoms with Crippen LogP contribution in [0.25, 0.3) is 0 Å². The third-order valence-corrected chi connectivity index (χ3v) is 3.15. The Bertz CT molecular complexity index is 520. The van der Waals surface area contributed by atoms with E-state index in [9.17, 15) is 14.0 Å². The van der Waals surface area contributed by atoms with Crippen LogP contribution in [0.3, 0.4) is 0 Å². The Kier molecular flexibility index (Phi) is 7.76. The number of piperidine rings is 1. The quantitative estimate of drug-likeness (QED) is 0.824. The molecule has 0 spiro atoms. The van der Waals surface area contributed by atoms with Gasteiger partial charge in [0.25, 0.3) is 0 Å². The molecule has 0 atom stereocenters. The highest BCUT2D eigenvalue weighted by Gasteiger charge is 2.17. The number of carboxylic acid groups (broad SMARTS) is 2. The number of likely N-dealkylation sites (tertiary alicyclic amines) is 1. The largest absolute Gasteiger partial charge is 0.490 e. The number of hydrogen-bond donors (Lipinski definition) is 2. The summed E-state index contributed by atoms with van der Waals surface area (Å²) in [5.41, 5.74) is 0. The Morgan fingerprint density at radius 1 is 1.13 bits per heavy atom. The summed E-state index contributed by atoms with van der Waals surface area (Å²) in [5.74, 6) is -1.96. The molecule has 1 heterocycles. The molecule has 0 amide bonds. The molecule has 0 bridgehead atoms. The van der Waals surface area contributed by atoms with Crippen molar-refractivity contribution in [3.63, 3.8) is 0 Å². The van der Waals surface area contributed by atoms with E-state index in [1.807, 2.05) is 0 Å². The summed E-state index contributed by atoms with van der Waals surface area (Å²) in [5, 5.41) is 15.6. The lowest BCUT2D eigenvalue weighted by Gasteiger charge is -2.29. The SMILES string of the molecule is CN1CCC(Oc2ccc(F)cc2)CC1.O=C(O)/C=C/C(=O)O. The molecule has 0 saturated carbocycles. The summed E-state index contributed by atoms with van der Waals surface area (Å²) in [6.45, 7) is 2.15. The molecule has 1 saturated heterocycles. The van der Waals surface area contributed by atoms with E-state index < -0.39 is 11.9 Å². The molecule has 6 nitrogen and oxygen atoms in total. The fourth-order valence-corrected chi connectivity index (χ4v) is 1.95. The van der Waals surface area contributed by atoms with Crippen LogP contribution >= 0.6 is 0 Å². The summed E-state index contributed by atoms with van der Waals surface area (Å²) in [6, 6.07) is 6.25. The van der Waals surface area contributed by atoms with Crippen LogP contribution in [0.2, 0.25) is 0 Å². The summed E-state index contributed by atoms with van der Waals surface area (Å²) in [4.78, 5) is 21.4. The minimum atomic E-state index is -1.26. The smallest absolute Gasteiger partial charge is 0.328 e. The second kappa shape index (κ2) is 9.58. The first kappa shape index (κ1) is 18.6. The number of benzene rings is 1. The normalized spacial score (nSPS) is 15.7. The maximum atomic E-state index is 12.7. The third kappa shape index (κ3) is 8.57. The van der Waals surface area contributed by atoms with Crippen molar-refractivity contribution in [2.75, 3.05) is 20.1 Å². The molecule has 2 N–H and O–H groups in total. The molecule has 2 rings (SSSR count). The molecule has 0 aliphatic carbocycles. The van der Waals surface area contributed by atoms with Gasteiger partial charge in [0.05, 0.1) is 0 Å². The molecule has 1 fully saturated rings. The number of carboxylic acids is 2. The van der Waals surface area contributed by atoms with Crippen LogP contribution in [-0.2, 0) is 9.59 Å². The van der Waals surface area contributed by atoms with Gasteiger partial charge in [-0.15, -0.1) is 0 Å². The summed E-state index contributed by atoms with van der Waals surface area (Å²) in [6.07, 6.45) is 3.50. The number of halogens is 1. The van der Waals surface area contributed by atoms with Crippen molar-refractivity contribution in [3.05, 3.63) is 42.2 Å². The van der Waals surface area contributed by atoms with Gasteiger partial charge < -0.3 is 19.8 Å². The molecular formula is C16H20FNO5. The van der Waals surface area contributed by atoms with E-state index in [4.69, 9.17) is 14.9 Å². The Hall–Kier alpha value is -2.41. The maximum absolute atomic E-state index is 12.7. The van der Waals surface area contributed by atoms with Gasteiger partial charge >= 0.3 is 11.9 Å². The van der Waals surface area contributed by atoms with E-state index in [0.717, 1.165) is 31.7 Å². The highest BCUT2D eigenvalue weighted by atomic mass is 19.1. The predicted octanol–water partition coefficient (Wildman–Crippen LogP) is 2.01. The van der Waals surface area contributed by atoms with Crippen molar-refractivity contribution in [3.8, 4) is 5.75 Å². The van der Waals surface area contributed by atoms with Gasteiger partial charge in [-0.05, 0) is 44.2 Å². The van der Waals surface area contributed by atoms with Crippen LogP contribution in [-0.4, -0.2) is 53.3 Å². The van der Waals surface area contributed by atoms with Crippen LogP contribution in [0, 0.1) is 5.82 Å². The standard InChI is InChI=1S/C12H16FNO.C4H4O4/c1-14-8-6-12(7-9-14)15-11-4-2-10(13)3-5-11;5-3(6)1-2-4(7)8/h2-5,12H,6-9H2,1H3;1-2H,(H,5,6)(H,7,8)/b;2-1+. The molecule has 126 valence electrons. The summed E-state index contributed by atoms with van der Waals surface area (Å²) >= 11 is 0. The Morgan fingerprint density at radius 2 is 1.61 bits per heavy atom. The van der Waals surface area contributed by atoms with Crippen LogP contribution < -0.4 is 4.74 Å². The van der Waals surface area contributed by atoms with E-state index >= 15 is 0 Å². The second-order valence-corrected chi connectivity index (χ2v) is 5.08. The average molecular weight is 325 g/mol. The summed E-state index contributed by atoms with van der Waals surface area (Å²) < 4.78 is 18.4. The second-order valence-electron chi connectivity index (χ2n) is 5.08. The van der Waals surface area contributed by atoms with Crippen molar-refractivity contribution in [1.82, 2.24) is 4.90 Å². The molecule has 7 heteroatoms.